The number of fused-ring (bicyclic) bond motifs is 2. The number of likely N-dealkylation sites (tertiary alicyclic amines) is 2. The lowest BCUT2D eigenvalue weighted by molar-refractivity contribution is -0.437. The fourth-order valence-electron chi connectivity index (χ4n) is 3.46. The van der Waals surface area contributed by atoms with Crippen molar-refractivity contribution >= 4 is 11.8 Å². The summed E-state index contributed by atoms with van der Waals surface area (Å²) in [5.41, 5.74) is 0. The van der Waals surface area contributed by atoms with Gasteiger partial charge in [0.2, 0.25) is 23.4 Å². The molecule has 3 aliphatic rings. The van der Waals surface area contributed by atoms with Crippen LogP contribution in [0.2, 0.25) is 0 Å². The van der Waals surface area contributed by atoms with Gasteiger partial charge in [0.05, 0.1) is 13.1 Å². The molecule has 3 saturated heterocycles. The van der Waals surface area contributed by atoms with Gasteiger partial charge >= 0.3 is 0 Å². The Balaban J connectivity index is 1.78. The number of hydrogen-bond acceptors (Lipinski definition) is 6. The van der Waals surface area contributed by atoms with Crippen molar-refractivity contribution in [2.75, 3.05) is 26.2 Å². The summed E-state index contributed by atoms with van der Waals surface area (Å²) < 4.78 is 11.5. The van der Waals surface area contributed by atoms with Gasteiger partial charge in [-0.25, -0.2) is 0 Å². The summed E-state index contributed by atoms with van der Waals surface area (Å²) in [7, 11) is 0. The van der Waals surface area contributed by atoms with Crippen LogP contribution in [0.15, 0.2) is 0 Å². The van der Waals surface area contributed by atoms with E-state index in [1.807, 2.05) is 0 Å². The molecule has 8 heteroatoms. The number of aliphatic hydroxyl groups is 2. The van der Waals surface area contributed by atoms with E-state index in [0.29, 0.717) is 25.9 Å². The van der Waals surface area contributed by atoms with Crippen molar-refractivity contribution in [1.82, 2.24) is 9.80 Å². The number of rotatable bonds is 0. The summed E-state index contributed by atoms with van der Waals surface area (Å²) in [5.74, 6) is -3.50. The van der Waals surface area contributed by atoms with Gasteiger partial charge in [-0.2, -0.15) is 0 Å². The highest BCUT2D eigenvalue weighted by Crippen LogP contribution is 2.40. The molecular weight excluding hydrogens is 292 g/mol. The second-order valence-corrected chi connectivity index (χ2v) is 6.36. The molecule has 0 spiro atoms. The van der Waals surface area contributed by atoms with Crippen molar-refractivity contribution in [3.05, 3.63) is 0 Å². The predicted octanol–water partition coefficient (Wildman–Crippen LogP) is -1.35. The molecule has 3 fully saturated rings. The largest absolute Gasteiger partial charge is 0.362 e. The summed E-state index contributed by atoms with van der Waals surface area (Å²) in [6.45, 7) is 3.79. The molecule has 0 saturated carbocycles. The van der Waals surface area contributed by atoms with Crippen LogP contribution in [0, 0.1) is 0 Å². The lowest BCUT2D eigenvalue weighted by Crippen LogP contribution is -2.73. The lowest BCUT2D eigenvalue weighted by atomic mass is 9.92. The number of piperidine rings is 2. The molecule has 124 valence electrons. The van der Waals surface area contributed by atoms with Crippen molar-refractivity contribution < 1.29 is 29.3 Å². The summed E-state index contributed by atoms with van der Waals surface area (Å²) in [5, 5.41) is 21.4. The quantitative estimate of drug-likeness (QED) is 0.574. The van der Waals surface area contributed by atoms with Crippen LogP contribution in [0.3, 0.4) is 0 Å². The normalized spacial score (nSPS) is 41.6. The van der Waals surface area contributed by atoms with Crippen LogP contribution in [0.25, 0.3) is 0 Å². The summed E-state index contributed by atoms with van der Waals surface area (Å²) >= 11 is 0. The number of hydrogen-bond donors (Lipinski definition) is 2. The minimum atomic E-state index is -1.61. The van der Waals surface area contributed by atoms with Gasteiger partial charge in [0, 0.05) is 26.9 Å². The second kappa shape index (κ2) is 5.16. The molecule has 0 bridgehead atoms. The van der Waals surface area contributed by atoms with E-state index < -0.39 is 23.8 Å². The van der Waals surface area contributed by atoms with Crippen LogP contribution >= 0.6 is 0 Å². The topological polar surface area (TPSA) is 99.5 Å². The van der Waals surface area contributed by atoms with Gasteiger partial charge in [0.1, 0.15) is 12.2 Å². The first-order valence-electron chi connectivity index (χ1n) is 7.55. The minimum Gasteiger partial charge on any atom is -0.362 e. The number of amides is 2. The lowest BCUT2D eigenvalue weighted by Gasteiger charge is -2.56. The van der Waals surface area contributed by atoms with Crippen molar-refractivity contribution in [3.63, 3.8) is 0 Å². The van der Waals surface area contributed by atoms with Gasteiger partial charge in [-0.1, -0.05) is 0 Å². The predicted molar refractivity (Wildman–Crippen MR) is 73.4 cm³/mol. The molecule has 3 heterocycles. The summed E-state index contributed by atoms with van der Waals surface area (Å²) in [6, 6.07) is 0. The third kappa shape index (κ3) is 2.50. The molecule has 4 atom stereocenters. The number of ether oxygens (including phenoxy) is 2. The Labute approximate surface area is 128 Å². The molecule has 4 unspecified atom stereocenters. The molecule has 0 aromatic heterocycles. The van der Waals surface area contributed by atoms with E-state index in [-0.39, 0.29) is 24.9 Å². The van der Waals surface area contributed by atoms with Gasteiger partial charge in [-0.05, 0) is 12.8 Å². The van der Waals surface area contributed by atoms with Crippen LogP contribution in [-0.2, 0) is 19.1 Å². The molecule has 0 aromatic rings. The van der Waals surface area contributed by atoms with E-state index in [2.05, 4.69) is 0 Å². The Kier molecular flexibility index (Phi) is 3.67. The molecule has 0 aromatic carbocycles. The smallest absolute Gasteiger partial charge is 0.219 e. The van der Waals surface area contributed by atoms with E-state index in [4.69, 9.17) is 9.47 Å². The Hall–Kier alpha value is -1.22. The molecule has 8 nitrogen and oxygen atoms in total. The molecule has 2 N–H and O–H groups in total. The zero-order chi connectivity index (χ0) is 16.1. The van der Waals surface area contributed by atoms with Crippen molar-refractivity contribution in [1.29, 1.82) is 0 Å². The van der Waals surface area contributed by atoms with Gasteiger partial charge in [-0.3, -0.25) is 9.59 Å². The van der Waals surface area contributed by atoms with E-state index in [1.54, 1.807) is 0 Å². The Bertz CT molecular complexity index is 456. The van der Waals surface area contributed by atoms with Crippen LogP contribution in [0.1, 0.15) is 26.7 Å². The fraction of sp³-hybridized carbons (Fsp3) is 0.857. The number of nitrogens with zero attached hydrogens (tertiary/aromatic N) is 2. The molecule has 2 amide bonds. The van der Waals surface area contributed by atoms with Gasteiger partial charge in [0.15, 0.2) is 0 Å². The molecular formula is C14H22N2O6. The second-order valence-electron chi connectivity index (χ2n) is 6.36. The van der Waals surface area contributed by atoms with Crippen molar-refractivity contribution in [3.8, 4) is 0 Å². The minimum absolute atomic E-state index is 0.0238. The average molecular weight is 314 g/mol. The van der Waals surface area contributed by atoms with Crippen LogP contribution < -0.4 is 0 Å². The zero-order valence-corrected chi connectivity index (χ0v) is 12.8. The van der Waals surface area contributed by atoms with Gasteiger partial charge in [-0.15, -0.1) is 0 Å². The first-order valence-corrected chi connectivity index (χ1v) is 7.55. The average Bonchev–Trinajstić information content (AvgIpc) is 2.43. The highest BCUT2D eigenvalue weighted by atomic mass is 16.7. The monoisotopic (exact) mass is 314 g/mol. The SMILES string of the molecule is CC(=O)N1CCC2OC3(O)CN(C(C)=O)CCC3OC2(O)C1. The first-order chi connectivity index (χ1) is 10.2. The molecule has 0 radical (unpaired) electrons. The van der Waals surface area contributed by atoms with Gasteiger partial charge < -0.3 is 29.5 Å². The fourth-order valence-corrected chi connectivity index (χ4v) is 3.46. The van der Waals surface area contributed by atoms with E-state index >= 15 is 0 Å². The molecule has 22 heavy (non-hydrogen) atoms. The maximum atomic E-state index is 11.5. The summed E-state index contributed by atoms with van der Waals surface area (Å²) in [4.78, 5) is 26.0. The maximum absolute atomic E-state index is 11.5. The molecule has 3 rings (SSSR count). The van der Waals surface area contributed by atoms with E-state index in [9.17, 15) is 19.8 Å². The molecule has 0 aliphatic carbocycles. The number of β-amino-alcohol motifs (C(OH)–C–C–N with tert-alkyl or cyclic N) is 2. The number of carbonyl (C=O) groups is 2. The van der Waals surface area contributed by atoms with Crippen molar-refractivity contribution in [2.45, 2.75) is 50.5 Å². The van der Waals surface area contributed by atoms with Crippen molar-refractivity contribution in [2.24, 2.45) is 0 Å². The Morgan fingerprint density at radius 3 is 1.59 bits per heavy atom. The maximum Gasteiger partial charge on any atom is 0.219 e. The highest BCUT2D eigenvalue weighted by molar-refractivity contribution is 5.73. The van der Waals surface area contributed by atoms with Crippen LogP contribution in [0.5, 0.6) is 0 Å². The first kappa shape index (κ1) is 15.7. The van der Waals surface area contributed by atoms with E-state index in [0.717, 1.165) is 0 Å². The summed E-state index contributed by atoms with van der Waals surface area (Å²) in [6.07, 6.45) is -0.719. The van der Waals surface area contributed by atoms with Gasteiger partial charge in [0.25, 0.3) is 0 Å². The highest BCUT2D eigenvalue weighted by Gasteiger charge is 2.59. The van der Waals surface area contributed by atoms with Crippen LogP contribution in [-0.4, -0.2) is 81.8 Å². The zero-order valence-electron chi connectivity index (χ0n) is 12.8. The third-order valence-corrected chi connectivity index (χ3v) is 4.75. The molecule has 3 aliphatic heterocycles. The standard InChI is InChI=1S/C14H22N2O6/c1-9(17)15-5-3-11-13(19,7-15)21-12-4-6-16(10(2)18)8-14(12,20)22-11/h11-12,19-20H,3-8H2,1-2H3. The Morgan fingerprint density at radius 1 is 0.909 bits per heavy atom. The Morgan fingerprint density at radius 2 is 1.27 bits per heavy atom. The third-order valence-electron chi connectivity index (χ3n) is 4.75. The van der Waals surface area contributed by atoms with E-state index in [1.165, 1.54) is 23.6 Å². The number of carbonyl (C=O) groups excluding carboxylic acids is 2. The van der Waals surface area contributed by atoms with Crippen LogP contribution in [0.4, 0.5) is 0 Å².